The summed E-state index contributed by atoms with van der Waals surface area (Å²) >= 11 is 0. The molecule has 21 heavy (non-hydrogen) atoms. The number of para-hydroxylation sites is 1. The maximum Gasteiger partial charge on any atom is 0.238 e. The molecule has 0 aliphatic heterocycles. The van der Waals surface area contributed by atoms with Gasteiger partial charge in [-0.2, -0.15) is 0 Å². The van der Waals surface area contributed by atoms with Crippen LogP contribution in [0.15, 0.2) is 52.0 Å². The fourth-order valence-electron chi connectivity index (χ4n) is 1.80. The normalized spacial score (nSPS) is 12.8. The van der Waals surface area contributed by atoms with Crippen LogP contribution in [0.5, 0.6) is 0 Å². The number of nitrogens with one attached hydrogen (secondary N) is 1. The predicted octanol–water partition coefficient (Wildman–Crippen LogP) is 1.34. The molecule has 1 heterocycles. The Kier molecular flexibility index (Phi) is 4.32. The van der Waals surface area contributed by atoms with E-state index in [-0.39, 0.29) is 17.1 Å². The van der Waals surface area contributed by atoms with Gasteiger partial charge in [-0.25, -0.2) is 8.42 Å². The second-order valence-corrected chi connectivity index (χ2v) is 6.76. The topological polar surface area (TPSA) is 102 Å². The van der Waals surface area contributed by atoms with Crippen LogP contribution in [-0.4, -0.2) is 19.6 Å². The molecule has 1 amide bonds. The van der Waals surface area contributed by atoms with E-state index in [0.29, 0.717) is 5.76 Å². The third kappa shape index (κ3) is 3.25. The smallest absolute Gasteiger partial charge is 0.238 e. The molecule has 1 aromatic carbocycles. The number of carbonyl (C=O) groups excluding carboxylic acids is 1. The summed E-state index contributed by atoms with van der Waals surface area (Å²) in [5.74, 6) is -0.0539. The summed E-state index contributed by atoms with van der Waals surface area (Å²) in [6, 6.07) is 9.45. The molecule has 0 spiro atoms. The number of nitrogens with two attached hydrogens (primary N) is 1. The number of sulfone groups is 1. The van der Waals surface area contributed by atoms with Crippen molar-refractivity contribution < 1.29 is 17.6 Å². The third-order valence-electron chi connectivity index (χ3n) is 3.08. The molecule has 0 aliphatic carbocycles. The van der Waals surface area contributed by atoms with Gasteiger partial charge in [0.15, 0.2) is 9.84 Å². The summed E-state index contributed by atoms with van der Waals surface area (Å²) in [5, 5.41) is 1.29. The van der Waals surface area contributed by atoms with Gasteiger partial charge in [0.2, 0.25) is 5.91 Å². The van der Waals surface area contributed by atoms with Crippen LogP contribution in [0.4, 0.5) is 5.69 Å². The lowest BCUT2D eigenvalue weighted by Gasteiger charge is -2.14. The maximum absolute atomic E-state index is 12.4. The van der Waals surface area contributed by atoms with Gasteiger partial charge in [0.1, 0.15) is 11.0 Å². The van der Waals surface area contributed by atoms with Crippen molar-refractivity contribution in [2.45, 2.75) is 23.6 Å². The molecule has 0 saturated carbocycles. The van der Waals surface area contributed by atoms with Crippen LogP contribution < -0.4 is 11.1 Å². The highest BCUT2D eigenvalue weighted by atomic mass is 32.2. The number of benzene rings is 1. The van der Waals surface area contributed by atoms with Gasteiger partial charge in [0, 0.05) is 0 Å². The zero-order chi connectivity index (χ0) is 15.5. The van der Waals surface area contributed by atoms with Crippen LogP contribution in [0.2, 0.25) is 0 Å². The highest BCUT2D eigenvalue weighted by Crippen LogP contribution is 2.22. The molecule has 7 heteroatoms. The van der Waals surface area contributed by atoms with Crippen LogP contribution in [-0.2, 0) is 21.2 Å². The van der Waals surface area contributed by atoms with Crippen molar-refractivity contribution in [1.82, 2.24) is 5.32 Å². The Morgan fingerprint density at radius 3 is 2.62 bits per heavy atom. The molecular weight excluding hydrogens is 292 g/mol. The van der Waals surface area contributed by atoms with Gasteiger partial charge in [-0.3, -0.25) is 4.79 Å². The lowest BCUT2D eigenvalue weighted by molar-refractivity contribution is -0.120. The number of hydrogen-bond acceptors (Lipinski definition) is 5. The molecule has 0 fully saturated rings. The minimum absolute atomic E-state index is 0.0364. The van der Waals surface area contributed by atoms with Crippen molar-refractivity contribution in [3.05, 3.63) is 48.4 Å². The van der Waals surface area contributed by atoms with Crippen molar-refractivity contribution in [2.24, 2.45) is 0 Å². The second-order valence-electron chi connectivity index (χ2n) is 4.52. The molecule has 0 saturated heterocycles. The average Bonchev–Trinajstić information content (AvgIpc) is 2.97. The molecule has 1 unspecified atom stereocenters. The third-order valence-corrected chi connectivity index (χ3v) is 5.21. The van der Waals surface area contributed by atoms with E-state index in [2.05, 4.69) is 5.32 Å². The van der Waals surface area contributed by atoms with Crippen LogP contribution in [0.25, 0.3) is 0 Å². The van der Waals surface area contributed by atoms with E-state index in [4.69, 9.17) is 10.2 Å². The van der Waals surface area contributed by atoms with Gasteiger partial charge in [0.25, 0.3) is 0 Å². The average molecular weight is 308 g/mol. The van der Waals surface area contributed by atoms with Gasteiger partial charge >= 0.3 is 0 Å². The van der Waals surface area contributed by atoms with E-state index in [1.807, 2.05) is 0 Å². The molecule has 0 bridgehead atoms. The molecule has 1 atom stereocenters. The molecule has 2 aromatic rings. The van der Waals surface area contributed by atoms with Crippen molar-refractivity contribution in [1.29, 1.82) is 0 Å². The molecule has 2 rings (SSSR count). The first-order chi connectivity index (χ1) is 9.93. The minimum atomic E-state index is -3.83. The highest BCUT2D eigenvalue weighted by Gasteiger charge is 2.31. The monoisotopic (exact) mass is 308 g/mol. The SMILES string of the molecule is CC(C(=O)NCc1ccco1)S(=O)(=O)c1ccccc1N. The van der Waals surface area contributed by atoms with E-state index in [9.17, 15) is 13.2 Å². The zero-order valence-electron chi connectivity index (χ0n) is 11.4. The van der Waals surface area contributed by atoms with Gasteiger partial charge in [-0.1, -0.05) is 12.1 Å². The van der Waals surface area contributed by atoms with Gasteiger partial charge < -0.3 is 15.5 Å². The number of carbonyl (C=O) groups is 1. The Bertz CT molecular complexity index is 723. The number of rotatable bonds is 5. The maximum atomic E-state index is 12.4. The predicted molar refractivity (Wildman–Crippen MR) is 78.1 cm³/mol. The van der Waals surface area contributed by atoms with E-state index in [1.54, 1.807) is 24.3 Å². The number of hydrogen-bond donors (Lipinski definition) is 2. The summed E-state index contributed by atoms with van der Waals surface area (Å²) in [4.78, 5) is 12.0. The summed E-state index contributed by atoms with van der Waals surface area (Å²) in [6.07, 6.45) is 1.48. The number of nitrogen functional groups attached to an aromatic ring is 1. The lowest BCUT2D eigenvalue weighted by atomic mass is 10.3. The molecule has 0 radical (unpaired) electrons. The highest BCUT2D eigenvalue weighted by molar-refractivity contribution is 7.93. The Morgan fingerprint density at radius 2 is 2.00 bits per heavy atom. The van der Waals surface area contributed by atoms with Gasteiger partial charge in [-0.05, 0) is 31.2 Å². The Hall–Kier alpha value is -2.28. The minimum Gasteiger partial charge on any atom is -0.467 e. The number of amides is 1. The number of anilines is 1. The Balaban J connectivity index is 2.13. The summed E-state index contributed by atoms with van der Waals surface area (Å²) in [5.41, 5.74) is 5.80. The van der Waals surface area contributed by atoms with Crippen LogP contribution in [0.1, 0.15) is 12.7 Å². The fraction of sp³-hybridized carbons (Fsp3) is 0.214. The van der Waals surface area contributed by atoms with E-state index in [0.717, 1.165) is 0 Å². The quantitative estimate of drug-likeness (QED) is 0.811. The Morgan fingerprint density at radius 1 is 1.29 bits per heavy atom. The molecule has 0 aliphatic rings. The molecular formula is C14H16N2O4S. The summed E-state index contributed by atoms with van der Waals surface area (Å²) in [7, 11) is -3.83. The molecule has 112 valence electrons. The zero-order valence-corrected chi connectivity index (χ0v) is 12.3. The lowest BCUT2D eigenvalue weighted by Crippen LogP contribution is -2.37. The molecule has 3 N–H and O–H groups in total. The summed E-state index contributed by atoms with van der Waals surface area (Å²) in [6.45, 7) is 1.47. The van der Waals surface area contributed by atoms with Crippen molar-refractivity contribution in [2.75, 3.05) is 5.73 Å². The van der Waals surface area contributed by atoms with Crippen molar-refractivity contribution in [3.63, 3.8) is 0 Å². The summed E-state index contributed by atoms with van der Waals surface area (Å²) < 4.78 is 29.9. The molecule has 6 nitrogen and oxygen atoms in total. The largest absolute Gasteiger partial charge is 0.467 e. The van der Waals surface area contributed by atoms with E-state index < -0.39 is 21.0 Å². The van der Waals surface area contributed by atoms with E-state index >= 15 is 0 Å². The van der Waals surface area contributed by atoms with Crippen LogP contribution >= 0.6 is 0 Å². The number of furan rings is 1. The van der Waals surface area contributed by atoms with E-state index in [1.165, 1.54) is 25.3 Å². The van der Waals surface area contributed by atoms with Crippen molar-refractivity contribution in [3.8, 4) is 0 Å². The first-order valence-corrected chi connectivity index (χ1v) is 7.86. The first kappa shape index (κ1) is 15.1. The van der Waals surface area contributed by atoms with Crippen LogP contribution in [0, 0.1) is 0 Å². The Labute approximate surface area is 122 Å². The van der Waals surface area contributed by atoms with Crippen molar-refractivity contribution >= 4 is 21.4 Å². The van der Waals surface area contributed by atoms with Crippen LogP contribution in [0.3, 0.4) is 0 Å². The first-order valence-electron chi connectivity index (χ1n) is 6.31. The van der Waals surface area contributed by atoms with Gasteiger partial charge in [-0.15, -0.1) is 0 Å². The standard InChI is InChI=1S/C14H16N2O4S/c1-10(14(17)16-9-11-5-4-8-20-11)21(18,19)13-7-3-2-6-12(13)15/h2-8,10H,9,15H2,1H3,(H,16,17). The molecule has 1 aromatic heterocycles. The van der Waals surface area contributed by atoms with Gasteiger partial charge in [0.05, 0.1) is 23.4 Å². The fourth-order valence-corrected chi connectivity index (χ4v) is 3.21. The second kappa shape index (κ2) is 6.01.